The highest BCUT2D eigenvalue weighted by molar-refractivity contribution is 8.00. The molecule has 2 heteroatoms. The van der Waals surface area contributed by atoms with Crippen molar-refractivity contribution in [3.63, 3.8) is 0 Å². The average molecular weight is 237 g/mol. The van der Waals surface area contributed by atoms with Gasteiger partial charge in [0, 0.05) is 23.1 Å². The van der Waals surface area contributed by atoms with E-state index in [9.17, 15) is 0 Å². The number of rotatable bonds is 5. The minimum Gasteiger partial charge on any atom is -0.309 e. The van der Waals surface area contributed by atoms with E-state index in [0.717, 1.165) is 12.3 Å². The molecule has 1 nitrogen and oxygen atoms in total. The summed E-state index contributed by atoms with van der Waals surface area (Å²) in [6, 6.07) is 11.1. The number of thioether (sulfide) groups is 1. The second-order valence-corrected chi connectivity index (χ2v) is 7.04. The maximum Gasteiger partial charge on any atom is 0.0208 e. The van der Waals surface area contributed by atoms with Gasteiger partial charge in [0.1, 0.15) is 0 Å². The van der Waals surface area contributed by atoms with Gasteiger partial charge in [0.25, 0.3) is 0 Å². The Morgan fingerprint density at radius 3 is 2.38 bits per heavy atom. The minimum atomic E-state index is 0.364. The molecule has 1 aromatic carbocycles. The van der Waals surface area contributed by atoms with Crippen molar-refractivity contribution < 1.29 is 0 Å². The lowest BCUT2D eigenvalue weighted by molar-refractivity contribution is 0.593. The molecule has 0 saturated heterocycles. The molecule has 1 N–H and O–H groups in total. The molecule has 0 aromatic heterocycles. The number of hydrogen-bond donors (Lipinski definition) is 1. The molecule has 0 aliphatic rings. The summed E-state index contributed by atoms with van der Waals surface area (Å²) in [7, 11) is 0. The average Bonchev–Trinajstić information content (AvgIpc) is 2.24. The smallest absolute Gasteiger partial charge is 0.0208 e. The Labute approximate surface area is 104 Å². The molecule has 0 aliphatic heterocycles. The van der Waals surface area contributed by atoms with Crippen LogP contribution in [0.1, 0.15) is 33.3 Å². The molecule has 0 aliphatic carbocycles. The Kier molecular flexibility index (Phi) is 5.36. The molecule has 1 aromatic rings. The van der Waals surface area contributed by atoms with Crippen LogP contribution in [0.25, 0.3) is 0 Å². The number of benzene rings is 1. The Bertz CT molecular complexity index is 289. The van der Waals surface area contributed by atoms with E-state index in [4.69, 9.17) is 0 Å². The predicted molar refractivity (Wildman–Crippen MR) is 75.0 cm³/mol. The van der Waals surface area contributed by atoms with Gasteiger partial charge in [-0.05, 0) is 12.5 Å². The van der Waals surface area contributed by atoms with Crippen molar-refractivity contribution in [3.8, 4) is 0 Å². The molecule has 0 saturated carbocycles. The first-order valence-corrected chi connectivity index (χ1v) is 6.87. The maximum absolute atomic E-state index is 3.55. The highest BCUT2D eigenvalue weighted by Crippen LogP contribution is 2.23. The lowest BCUT2D eigenvalue weighted by atomic mass is 10.2. The first-order chi connectivity index (χ1) is 7.47. The third-order valence-electron chi connectivity index (χ3n) is 2.26. The Morgan fingerprint density at radius 1 is 1.19 bits per heavy atom. The van der Waals surface area contributed by atoms with Crippen LogP contribution in [0.4, 0.5) is 0 Å². The molecule has 1 rings (SSSR count). The fourth-order valence-electron chi connectivity index (χ4n) is 1.32. The van der Waals surface area contributed by atoms with E-state index in [-0.39, 0.29) is 0 Å². The van der Waals surface area contributed by atoms with Crippen LogP contribution in [0.3, 0.4) is 0 Å². The zero-order chi connectivity index (χ0) is 12.0. The van der Waals surface area contributed by atoms with E-state index < -0.39 is 0 Å². The van der Waals surface area contributed by atoms with Crippen LogP contribution in [0.2, 0.25) is 0 Å². The summed E-state index contributed by atoms with van der Waals surface area (Å²) in [4.78, 5) is 0. The largest absolute Gasteiger partial charge is 0.309 e. The van der Waals surface area contributed by atoms with Crippen LogP contribution in [0, 0.1) is 0 Å². The molecule has 0 bridgehead atoms. The third kappa shape index (κ3) is 6.19. The Hall–Kier alpha value is -0.470. The number of nitrogens with one attached hydrogen (secondary N) is 1. The quantitative estimate of drug-likeness (QED) is 0.838. The lowest BCUT2D eigenvalue weighted by Crippen LogP contribution is -2.29. The number of hydrogen-bond acceptors (Lipinski definition) is 2. The van der Waals surface area contributed by atoms with E-state index in [0.29, 0.717) is 10.8 Å². The molecule has 16 heavy (non-hydrogen) atoms. The second kappa shape index (κ2) is 6.31. The standard InChI is InChI=1S/C14H23NS/c1-12(11-16-14(2,3)4)15-10-13-8-6-5-7-9-13/h5-9,12,15H,10-11H2,1-4H3. The summed E-state index contributed by atoms with van der Waals surface area (Å²) >= 11 is 2.01. The van der Waals surface area contributed by atoms with Crippen molar-refractivity contribution >= 4 is 11.8 Å². The van der Waals surface area contributed by atoms with Gasteiger partial charge in [-0.1, -0.05) is 51.1 Å². The summed E-state index contributed by atoms with van der Waals surface area (Å²) in [5.74, 6) is 1.16. The summed E-state index contributed by atoms with van der Waals surface area (Å²) in [5.41, 5.74) is 1.36. The van der Waals surface area contributed by atoms with Crippen LogP contribution in [-0.2, 0) is 6.54 Å². The lowest BCUT2D eigenvalue weighted by Gasteiger charge is -2.21. The van der Waals surface area contributed by atoms with Crippen LogP contribution < -0.4 is 5.32 Å². The fourth-order valence-corrected chi connectivity index (χ4v) is 2.19. The van der Waals surface area contributed by atoms with Crippen molar-refractivity contribution in [1.29, 1.82) is 0 Å². The van der Waals surface area contributed by atoms with Crippen LogP contribution in [0.15, 0.2) is 30.3 Å². The van der Waals surface area contributed by atoms with Gasteiger partial charge in [-0.15, -0.1) is 0 Å². The molecule has 0 amide bonds. The van der Waals surface area contributed by atoms with E-state index >= 15 is 0 Å². The van der Waals surface area contributed by atoms with Crippen LogP contribution >= 0.6 is 11.8 Å². The van der Waals surface area contributed by atoms with Crippen molar-refractivity contribution in [2.45, 2.75) is 45.0 Å². The van der Waals surface area contributed by atoms with E-state index in [1.54, 1.807) is 0 Å². The van der Waals surface area contributed by atoms with Gasteiger partial charge in [-0.2, -0.15) is 11.8 Å². The van der Waals surface area contributed by atoms with Gasteiger partial charge >= 0.3 is 0 Å². The van der Waals surface area contributed by atoms with E-state index in [1.807, 2.05) is 11.8 Å². The Morgan fingerprint density at radius 2 is 1.81 bits per heavy atom. The second-order valence-electron chi connectivity index (χ2n) is 5.19. The predicted octanol–water partition coefficient (Wildman–Crippen LogP) is 3.70. The summed E-state index contributed by atoms with van der Waals surface area (Å²) in [6.07, 6.45) is 0. The van der Waals surface area contributed by atoms with Crippen LogP contribution in [0.5, 0.6) is 0 Å². The van der Waals surface area contributed by atoms with Crippen molar-refractivity contribution in [2.24, 2.45) is 0 Å². The fraction of sp³-hybridized carbons (Fsp3) is 0.571. The topological polar surface area (TPSA) is 12.0 Å². The van der Waals surface area contributed by atoms with Gasteiger partial charge < -0.3 is 5.32 Å². The van der Waals surface area contributed by atoms with Crippen LogP contribution in [-0.4, -0.2) is 16.5 Å². The maximum atomic E-state index is 3.55. The molecule has 1 atom stereocenters. The molecular weight excluding hydrogens is 214 g/mol. The highest BCUT2D eigenvalue weighted by atomic mass is 32.2. The van der Waals surface area contributed by atoms with E-state index in [1.165, 1.54) is 5.56 Å². The summed E-state index contributed by atoms with van der Waals surface area (Å²) < 4.78 is 0.364. The van der Waals surface area contributed by atoms with Gasteiger partial charge in [0.2, 0.25) is 0 Å². The molecule has 1 unspecified atom stereocenters. The van der Waals surface area contributed by atoms with Gasteiger partial charge in [0.05, 0.1) is 0 Å². The zero-order valence-electron chi connectivity index (χ0n) is 10.8. The molecule has 0 heterocycles. The van der Waals surface area contributed by atoms with Gasteiger partial charge in [-0.25, -0.2) is 0 Å². The van der Waals surface area contributed by atoms with Gasteiger partial charge in [-0.3, -0.25) is 0 Å². The normalized spacial score (nSPS) is 13.8. The molecule has 90 valence electrons. The zero-order valence-corrected chi connectivity index (χ0v) is 11.6. The van der Waals surface area contributed by atoms with Gasteiger partial charge in [0.15, 0.2) is 0 Å². The summed E-state index contributed by atoms with van der Waals surface area (Å²) in [6.45, 7) is 10.0. The SMILES string of the molecule is CC(CSC(C)(C)C)NCc1ccccc1. The highest BCUT2D eigenvalue weighted by Gasteiger charge is 2.12. The van der Waals surface area contributed by atoms with E-state index in [2.05, 4.69) is 63.3 Å². The first-order valence-electron chi connectivity index (χ1n) is 5.88. The Balaban J connectivity index is 2.23. The van der Waals surface area contributed by atoms with Crippen molar-refractivity contribution in [1.82, 2.24) is 5.32 Å². The molecular formula is C14H23NS. The molecule has 0 spiro atoms. The monoisotopic (exact) mass is 237 g/mol. The first kappa shape index (κ1) is 13.6. The summed E-state index contributed by atoms with van der Waals surface area (Å²) in [5, 5.41) is 3.55. The van der Waals surface area contributed by atoms with Crippen molar-refractivity contribution in [3.05, 3.63) is 35.9 Å². The minimum absolute atomic E-state index is 0.364. The molecule has 0 fully saturated rings. The third-order valence-corrected chi connectivity index (χ3v) is 3.80. The molecule has 0 radical (unpaired) electrons. The van der Waals surface area contributed by atoms with Crippen molar-refractivity contribution in [2.75, 3.05) is 5.75 Å².